The molecule has 0 aromatic carbocycles. The summed E-state index contributed by atoms with van der Waals surface area (Å²) in [7, 11) is -0.463. The lowest BCUT2D eigenvalue weighted by atomic mass is 10.1. The molecular formula is C21H47NO4Si2. The lowest BCUT2D eigenvalue weighted by molar-refractivity contribution is -0.168. The van der Waals surface area contributed by atoms with E-state index in [9.17, 15) is 4.79 Å². The van der Waals surface area contributed by atoms with Crippen molar-refractivity contribution in [3.05, 3.63) is 0 Å². The van der Waals surface area contributed by atoms with E-state index in [4.69, 9.17) is 13.7 Å². The van der Waals surface area contributed by atoms with Crippen LogP contribution in [0.1, 0.15) is 67.2 Å². The molecule has 0 saturated heterocycles. The van der Waals surface area contributed by atoms with E-state index in [1.54, 1.807) is 7.05 Å². The topological polar surface area (TPSA) is 48.0 Å². The Bertz CT molecular complexity index is 482. The van der Waals surface area contributed by atoms with Crippen LogP contribution in [0.2, 0.25) is 36.3 Å². The van der Waals surface area contributed by atoms with Crippen LogP contribution in [0.5, 0.6) is 0 Å². The highest BCUT2D eigenvalue weighted by Gasteiger charge is 2.40. The third kappa shape index (κ3) is 9.07. The van der Waals surface area contributed by atoms with Crippen molar-refractivity contribution in [2.24, 2.45) is 0 Å². The van der Waals surface area contributed by atoms with Crippen molar-refractivity contribution >= 4 is 22.5 Å². The first-order valence-corrected chi connectivity index (χ1v) is 16.4. The SMILES string of the molecule is CON(C)C(=O)CCC[C@@H](CCO[Si](C)(C)C(C)(C)C)O[Si](C)(C)C(C)(C)C. The van der Waals surface area contributed by atoms with Gasteiger partial charge in [-0.15, -0.1) is 0 Å². The highest BCUT2D eigenvalue weighted by atomic mass is 28.4. The molecule has 1 atom stereocenters. The van der Waals surface area contributed by atoms with Gasteiger partial charge in [0.1, 0.15) is 0 Å². The monoisotopic (exact) mass is 433 g/mol. The Labute approximate surface area is 176 Å². The zero-order valence-corrected chi connectivity index (χ0v) is 22.7. The molecule has 0 unspecified atom stereocenters. The quantitative estimate of drug-likeness (QED) is 0.297. The molecule has 0 aliphatic rings. The minimum atomic E-state index is -1.87. The number of carbonyl (C=O) groups is 1. The summed E-state index contributed by atoms with van der Waals surface area (Å²) in [5.41, 5.74) is 0. The lowest BCUT2D eigenvalue weighted by Gasteiger charge is -2.40. The summed E-state index contributed by atoms with van der Waals surface area (Å²) in [6.07, 6.45) is 3.16. The second-order valence-electron chi connectivity index (χ2n) is 10.9. The zero-order chi connectivity index (χ0) is 22.4. The summed E-state index contributed by atoms with van der Waals surface area (Å²) in [4.78, 5) is 17.0. The summed E-state index contributed by atoms with van der Waals surface area (Å²) in [5, 5.41) is 1.67. The average molecular weight is 434 g/mol. The Kier molecular flexibility index (Phi) is 10.6. The molecule has 0 radical (unpaired) electrons. The van der Waals surface area contributed by atoms with Crippen LogP contribution in [-0.4, -0.2) is 54.5 Å². The van der Waals surface area contributed by atoms with Gasteiger partial charge in [-0.1, -0.05) is 41.5 Å². The molecule has 0 aliphatic heterocycles. The van der Waals surface area contributed by atoms with Gasteiger partial charge < -0.3 is 8.85 Å². The van der Waals surface area contributed by atoms with Crippen molar-refractivity contribution in [3.63, 3.8) is 0 Å². The number of nitrogens with zero attached hydrogens (tertiary/aromatic N) is 1. The van der Waals surface area contributed by atoms with Crippen LogP contribution >= 0.6 is 0 Å². The third-order valence-corrected chi connectivity index (χ3v) is 15.6. The van der Waals surface area contributed by atoms with Gasteiger partial charge in [-0.25, -0.2) is 5.06 Å². The number of hydrogen-bond donors (Lipinski definition) is 0. The van der Waals surface area contributed by atoms with Gasteiger partial charge in [0.25, 0.3) is 0 Å². The van der Waals surface area contributed by atoms with Crippen LogP contribution in [0.3, 0.4) is 0 Å². The molecule has 7 heteroatoms. The number of rotatable bonds is 11. The third-order valence-electron chi connectivity index (χ3n) is 6.52. The van der Waals surface area contributed by atoms with E-state index < -0.39 is 16.6 Å². The minimum absolute atomic E-state index is 0.00565. The fourth-order valence-electron chi connectivity index (χ4n) is 2.26. The Hall–Kier alpha value is -0.216. The van der Waals surface area contributed by atoms with E-state index in [1.807, 2.05) is 0 Å². The van der Waals surface area contributed by atoms with Gasteiger partial charge >= 0.3 is 0 Å². The summed E-state index contributed by atoms with van der Waals surface area (Å²) in [5.74, 6) is 0.00565. The van der Waals surface area contributed by atoms with Crippen LogP contribution < -0.4 is 0 Å². The van der Waals surface area contributed by atoms with E-state index in [1.165, 1.54) is 12.2 Å². The zero-order valence-electron chi connectivity index (χ0n) is 20.7. The number of carbonyl (C=O) groups excluding carboxylic acids is 1. The largest absolute Gasteiger partial charge is 0.417 e. The number of hydrogen-bond acceptors (Lipinski definition) is 4. The van der Waals surface area contributed by atoms with Crippen LogP contribution in [0.25, 0.3) is 0 Å². The fraction of sp³-hybridized carbons (Fsp3) is 0.952. The first-order valence-electron chi connectivity index (χ1n) is 10.6. The predicted octanol–water partition coefficient (Wildman–Crippen LogP) is 5.98. The summed E-state index contributed by atoms with van der Waals surface area (Å²) >= 11 is 0. The van der Waals surface area contributed by atoms with Crippen molar-refractivity contribution < 1.29 is 18.5 Å². The van der Waals surface area contributed by atoms with Gasteiger partial charge in [0, 0.05) is 26.2 Å². The van der Waals surface area contributed by atoms with Crippen molar-refractivity contribution in [2.75, 3.05) is 20.8 Å². The molecule has 0 fully saturated rings. The maximum Gasteiger partial charge on any atom is 0.245 e. The Morgan fingerprint density at radius 3 is 1.86 bits per heavy atom. The molecule has 28 heavy (non-hydrogen) atoms. The second kappa shape index (κ2) is 10.7. The lowest BCUT2D eigenvalue weighted by Crippen LogP contribution is -2.45. The normalized spacial score (nSPS) is 14.9. The molecule has 5 nitrogen and oxygen atoms in total. The summed E-state index contributed by atoms with van der Waals surface area (Å²) in [6.45, 7) is 23.5. The number of amides is 1. The van der Waals surface area contributed by atoms with E-state index in [0.717, 1.165) is 25.9 Å². The maximum absolute atomic E-state index is 12.0. The fourth-order valence-corrected chi connectivity index (χ4v) is 4.74. The van der Waals surface area contributed by atoms with Crippen LogP contribution in [-0.2, 0) is 18.5 Å². The van der Waals surface area contributed by atoms with Crippen LogP contribution in [0.15, 0.2) is 0 Å². The highest BCUT2D eigenvalue weighted by Crippen LogP contribution is 2.39. The number of hydroxylamine groups is 2. The van der Waals surface area contributed by atoms with E-state index in [2.05, 4.69) is 67.7 Å². The molecule has 0 aromatic heterocycles. The Morgan fingerprint density at radius 1 is 0.929 bits per heavy atom. The van der Waals surface area contributed by atoms with Crippen molar-refractivity contribution in [1.82, 2.24) is 5.06 Å². The van der Waals surface area contributed by atoms with Crippen LogP contribution in [0, 0.1) is 0 Å². The Balaban J connectivity index is 4.93. The molecule has 1 amide bonds. The van der Waals surface area contributed by atoms with E-state index >= 15 is 0 Å². The Morgan fingerprint density at radius 2 is 1.43 bits per heavy atom. The predicted molar refractivity (Wildman–Crippen MR) is 123 cm³/mol. The second-order valence-corrected chi connectivity index (χ2v) is 20.4. The van der Waals surface area contributed by atoms with Crippen LogP contribution in [0.4, 0.5) is 0 Å². The van der Waals surface area contributed by atoms with Crippen molar-refractivity contribution in [2.45, 2.75) is 110 Å². The van der Waals surface area contributed by atoms with E-state index in [0.29, 0.717) is 6.42 Å². The smallest absolute Gasteiger partial charge is 0.245 e. The molecule has 0 spiro atoms. The molecule has 0 aromatic rings. The van der Waals surface area contributed by atoms with E-state index in [-0.39, 0.29) is 22.1 Å². The van der Waals surface area contributed by atoms with Gasteiger partial charge in [0.05, 0.1) is 7.11 Å². The molecule has 168 valence electrons. The summed E-state index contributed by atoms with van der Waals surface area (Å²) in [6, 6.07) is 0. The van der Waals surface area contributed by atoms with Crippen molar-refractivity contribution in [3.8, 4) is 0 Å². The molecule has 0 bridgehead atoms. The first-order chi connectivity index (χ1) is 12.4. The van der Waals surface area contributed by atoms with Gasteiger partial charge in [-0.2, -0.15) is 0 Å². The van der Waals surface area contributed by atoms with Gasteiger partial charge in [-0.3, -0.25) is 9.63 Å². The first kappa shape index (κ1) is 27.8. The average Bonchev–Trinajstić information content (AvgIpc) is 2.50. The molecule has 0 saturated carbocycles. The van der Waals surface area contributed by atoms with Gasteiger partial charge in [-0.05, 0) is 55.5 Å². The summed E-state index contributed by atoms with van der Waals surface area (Å²) < 4.78 is 13.1. The molecule has 0 aliphatic carbocycles. The molecular weight excluding hydrogens is 386 g/mol. The molecule has 0 rings (SSSR count). The highest BCUT2D eigenvalue weighted by molar-refractivity contribution is 6.74. The molecule has 0 heterocycles. The molecule has 0 N–H and O–H groups in total. The standard InChI is InChI=1S/C21H47NO4Si2/c1-20(2,3)27(9,10)25-17-16-18(26-28(11,12)21(4,5)6)14-13-15-19(23)22(7)24-8/h18H,13-17H2,1-12H3/t18-/m0/s1. The van der Waals surface area contributed by atoms with Crippen molar-refractivity contribution in [1.29, 1.82) is 0 Å². The van der Waals surface area contributed by atoms with Gasteiger partial charge in [0.15, 0.2) is 16.6 Å². The minimum Gasteiger partial charge on any atom is -0.417 e. The maximum atomic E-state index is 12.0. The van der Waals surface area contributed by atoms with Gasteiger partial charge in [0.2, 0.25) is 5.91 Å².